The van der Waals surface area contributed by atoms with Gasteiger partial charge in [-0.15, -0.1) is 11.3 Å². The van der Waals surface area contributed by atoms with Crippen molar-refractivity contribution in [2.45, 2.75) is 52.6 Å². The summed E-state index contributed by atoms with van der Waals surface area (Å²) in [5.74, 6) is 0.363. The maximum Gasteiger partial charge on any atom is 0.236 e. The smallest absolute Gasteiger partial charge is 0.236 e. The first-order valence-electron chi connectivity index (χ1n) is 11.7. The van der Waals surface area contributed by atoms with Crippen molar-refractivity contribution >= 4 is 23.2 Å². The molecule has 1 saturated heterocycles. The molecule has 2 aromatic rings. The summed E-state index contributed by atoms with van der Waals surface area (Å²) >= 11 is 1.82. The number of nitrogens with zero attached hydrogens (tertiary/aromatic N) is 3. The van der Waals surface area contributed by atoms with E-state index < -0.39 is 0 Å². The highest BCUT2D eigenvalue weighted by Crippen LogP contribution is 2.37. The number of fused-ring (bicyclic) bond motifs is 1. The third-order valence-electron chi connectivity index (χ3n) is 6.50. The summed E-state index contributed by atoms with van der Waals surface area (Å²) in [5.41, 5.74) is 2.56. The van der Waals surface area contributed by atoms with Crippen molar-refractivity contribution < 1.29 is 9.59 Å². The van der Waals surface area contributed by atoms with Crippen LogP contribution < -0.4 is 0 Å². The summed E-state index contributed by atoms with van der Waals surface area (Å²) in [6.07, 6.45) is 1.54. The minimum absolute atomic E-state index is 0.0228. The number of hydrogen-bond donors (Lipinski definition) is 0. The van der Waals surface area contributed by atoms with Crippen molar-refractivity contribution in [2.75, 3.05) is 32.7 Å². The van der Waals surface area contributed by atoms with Crippen LogP contribution in [0.4, 0.5) is 0 Å². The van der Waals surface area contributed by atoms with Gasteiger partial charge in [0, 0.05) is 43.5 Å². The average molecular weight is 454 g/mol. The van der Waals surface area contributed by atoms with Gasteiger partial charge in [0.1, 0.15) is 0 Å². The zero-order valence-electron chi connectivity index (χ0n) is 19.7. The lowest BCUT2D eigenvalue weighted by Gasteiger charge is -2.42. The largest absolute Gasteiger partial charge is 0.338 e. The molecular formula is C26H35N3O2S. The molecule has 2 amide bonds. The summed E-state index contributed by atoms with van der Waals surface area (Å²) in [6.45, 7) is 11.5. The van der Waals surface area contributed by atoms with E-state index in [0.29, 0.717) is 32.6 Å². The van der Waals surface area contributed by atoms with Gasteiger partial charge >= 0.3 is 0 Å². The zero-order chi connectivity index (χ0) is 22.9. The number of benzene rings is 1. The molecule has 5 nitrogen and oxygen atoms in total. The van der Waals surface area contributed by atoms with Crippen LogP contribution in [0.5, 0.6) is 0 Å². The monoisotopic (exact) mass is 453 g/mol. The van der Waals surface area contributed by atoms with Crippen molar-refractivity contribution in [1.82, 2.24) is 14.7 Å². The van der Waals surface area contributed by atoms with E-state index in [-0.39, 0.29) is 29.3 Å². The zero-order valence-corrected chi connectivity index (χ0v) is 20.5. The lowest BCUT2D eigenvalue weighted by molar-refractivity contribution is -0.144. The molecule has 0 radical (unpaired) electrons. The Morgan fingerprint density at radius 2 is 1.78 bits per heavy atom. The summed E-state index contributed by atoms with van der Waals surface area (Å²) in [6, 6.07) is 12.9. The van der Waals surface area contributed by atoms with E-state index in [4.69, 9.17) is 0 Å². The Hall–Kier alpha value is -2.18. The first-order chi connectivity index (χ1) is 15.2. The van der Waals surface area contributed by atoms with Crippen LogP contribution in [0.25, 0.3) is 0 Å². The summed E-state index contributed by atoms with van der Waals surface area (Å²) in [5, 5.41) is 2.17. The lowest BCUT2D eigenvalue weighted by Crippen LogP contribution is -2.57. The fraction of sp³-hybridized carbons (Fsp3) is 0.538. The molecule has 1 aromatic carbocycles. The number of carbonyl (C=O) groups excluding carboxylic acids is 2. The molecule has 32 heavy (non-hydrogen) atoms. The molecule has 0 aliphatic carbocycles. The second kappa shape index (κ2) is 9.36. The molecule has 0 saturated carbocycles. The van der Waals surface area contributed by atoms with Crippen LogP contribution in [0.15, 0.2) is 41.8 Å². The van der Waals surface area contributed by atoms with Crippen LogP contribution in [-0.2, 0) is 16.0 Å². The summed E-state index contributed by atoms with van der Waals surface area (Å²) < 4.78 is 0. The normalized spacial score (nSPS) is 22.0. The third kappa shape index (κ3) is 5.07. The maximum absolute atomic E-state index is 13.3. The van der Waals surface area contributed by atoms with Gasteiger partial charge in [0.05, 0.1) is 12.6 Å². The van der Waals surface area contributed by atoms with Crippen molar-refractivity contribution in [2.24, 2.45) is 5.41 Å². The van der Waals surface area contributed by atoms with Crippen LogP contribution in [0, 0.1) is 5.41 Å². The fourth-order valence-corrected chi connectivity index (χ4v) is 5.85. The van der Waals surface area contributed by atoms with E-state index in [0.717, 1.165) is 13.0 Å². The van der Waals surface area contributed by atoms with E-state index in [1.807, 2.05) is 27.2 Å². The van der Waals surface area contributed by atoms with Gasteiger partial charge in [0.25, 0.3) is 0 Å². The predicted octanol–water partition coefficient (Wildman–Crippen LogP) is 4.19. The van der Waals surface area contributed by atoms with Gasteiger partial charge in [0.2, 0.25) is 11.8 Å². The first-order valence-corrected chi connectivity index (χ1v) is 12.5. The quantitative estimate of drug-likeness (QED) is 0.697. The summed E-state index contributed by atoms with van der Waals surface area (Å²) in [7, 11) is 0. The van der Waals surface area contributed by atoms with Crippen molar-refractivity contribution in [3.8, 4) is 0 Å². The van der Waals surface area contributed by atoms with Crippen LogP contribution in [0.3, 0.4) is 0 Å². The Bertz CT molecular complexity index is 949. The molecule has 1 aromatic heterocycles. The van der Waals surface area contributed by atoms with Crippen molar-refractivity contribution in [1.29, 1.82) is 0 Å². The van der Waals surface area contributed by atoms with E-state index in [1.165, 1.54) is 16.0 Å². The van der Waals surface area contributed by atoms with E-state index >= 15 is 0 Å². The van der Waals surface area contributed by atoms with Crippen LogP contribution >= 0.6 is 11.3 Å². The maximum atomic E-state index is 13.3. The molecule has 0 spiro atoms. The van der Waals surface area contributed by atoms with Gasteiger partial charge in [-0.05, 0) is 41.3 Å². The molecule has 4 rings (SSSR count). The number of piperazine rings is 1. The highest BCUT2D eigenvalue weighted by Gasteiger charge is 2.35. The number of hydrogen-bond acceptors (Lipinski definition) is 4. The molecule has 0 N–H and O–H groups in total. The Morgan fingerprint density at radius 1 is 1.03 bits per heavy atom. The number of rotatable bonds is 4. The lowest BCUT2D eigenvalue weighted by atomic mass is 9.91. The molecule has 2 atom stereocenters. The SMILES string of the molecule is C[C@@H]1CN(C(=O)CN2CCc3sccc3[C@H]2c2ccccc2)CCN1C(=O)CC(C)(C)C. The molecule has 6 heteroatoms. The average Bonchev–Trinajstić information content (AvgIpc) is 3.21. The second-order valence-corrected chi connectivity index (χ2v) is 11.3. The first kappa shape index (κ1) is 23.0. The van der Waals surface area contributed by atoms with Gasteiger partial charge in [0.15, 0.2) is 0 Å². The standard InChI is InChI=1S/C26H35N3O2S/c1-19-17-27(13-14-29(19)23(30)16-26(2,3)4)24(31)18-28-12-10-22-21(11-15-32-22)25(28)20-8-6-5-7-9-20/h5-9,11,15,19,25H,10,12-14,16-18H2,1-4H3/t19-,25-/m1/s1. The van der Waals surface area contributed by atoms with E-state index in [9.17, 15) is 9.59 Å². The molecule has 172 valence electrons. The predicted molar refractivity (Wildman–Crippen MR) is 130 cm³/mol. The van der Waals surface area contributed by atoms with Gasteiger partial charge in [-0.2, -0.15) is 0 Å². The van der Waals surface area contributed by atoms with Gasteiger partial charge in [-0.3, -0.25) is 14.5 Å². The number of amides is 2. The molecular weight excluding hydrogens is 418 g/mol. The highest BCUT2D eigenvalue weighted by atomic mass is 32.1. The van der Waals surface area contributed by atoms with Crippen LogP contribution in [0.1, 0.15) is 56.2 Å². The molecule has 1 fully saturated rings. The van der Waals surface area contributed by atoms with Crippen LogP contribution in [0.2, 0.25) is 0 Å². The van der Waals surface area contributed by atoms with E-state index in [2.05, 4.69) is 68.3 Å². The van der Waals surface area contributed by atoms with Gasteiger partial charge in [-0.25, -0.2) is 0 Å². The summed E-state index contributed by atoms with van der Waals surface area (Å²) in [4.78, 5) is 33.7. The molecule has 0 unspecified atom stereocenters. The minimum atomic E-state index is -0.0228. The van der Waals surface area contributed by atoms with Gasteiger partial charge in [-0.1, -0.05) is 51.1 Å². The van der Waals surface area contributed by atoms with Gasteiger partial charge < -0.3 is 9.80 Å². The molecule has 0 bridgehead atoms. The highest BCUT2D eigenvalue weighted by molar-refractivity contribution is 7.10. The molecule has 2 aliphatic heterocycles. The van der Waals surface area contributed by atoms with E-state index in [1.54, 1.807) is 0 Å². The Morgan fingerprint density at radius 3 is 2.47 bits per heavy atom. The minimum Gasteiger partial charge on any atom is -0.338 e. The Balaban J connectivity index is 1.43. The topological polar surface area (TPSA) is 43.9 Å². The molecule has 2 aliphatic rings. The van der Waals surface area contributed by atoms with Crippen LogP contribution in [-0.4, -0.2) is 65.3 Å². The number of thiophene rings is 1. The Labute approximate surface area is 196 Å². The Kier molecular flexibility index (Phi) is 6.72. The third-order valence-corrected chi connectivity index (χ3v) is 7.50. The molecule has 3 heterocycles. The fourth-order valence-electron chi connectivity index (χ4n) is 4.95. The van der Waals surface area contributed by atoms with Crippen molar-refractivity contribution in [3.05, 3.63) is 57.8 Å². The van der Waals surface area contributed by atoms with Crippen molar-refractivity contribution in [3.63, 3.8) is 0 Å². The second-order valence-electron chi connectivity index (χ2n) is 10.3. The number of carbonyl (C=O) groups is 2.